The van der Waals surface area contributed by atoms with Gasteiger partial charge in [0, 0.05) is 11.6 Å². The molecule has 1 aromatic carbocycles. The summed E-state index contributed by atoms with van der Waals surface area (Å²) in [6.45, 7) is 0. The zero-order valence-corrected chi connectivity index (χ0v) is 13.4. The van der Waals surface area contributed by atoms with E-state index in [1.165, 1.54) is 26.4 Å². The van der Waals surface area contributed by atoms with Crippen LogP contribution in [0.15, 0.2) is 18.2 Å². The van der Waals surface area contributed by atoms with Crippen molar-refractivity contribution in [2.24, 2.45) is 5.73 Å². The smallest absolute Gasteiger partial charge is 0.165 e. The van der Waals surface area contributed by atoms with Crippen LogP contribution in [0.25, 0.3) is 0 Å². The highest BCUT2D eigenvalue weighted by Crippen LogP contribution is 2.35. The third kappa shape index (κ3) is 3.38. The first-order valence-electron chi connectivity index (χ1n) is 7.75. The molecule has 0 aromatic heterocycles. The van der Waals surface area contributed by atoms with Crippen LogP contribution in [0.4, 0.5) is 4.39 Å². The molecule has 3 nitrogen and oxygen atoms in total. The van der Waals surface area contributed by atoms with Crippen molar-refractivity contribution in [3.05, 3.63) is 29.6 Å². The summed E-state index contributed by atoms with van der Waals surface area (Å²) in [5, 5.41) is 0. The second-order valence-electron chi connectivity index (χ2n) is 6.34. The fraction of sp³-hybridized carbons (Fsp3) is 0.647. The molecule has 1 aromatic rings. The fourth-order valence-corrected chi connectivity index (χ4v) is 3.59. The van der Waals surface area contributed by atoms with Crippen LogP contribution in [0, 0.1) is 5.82 Å². The van der Waals surface area contributed by atoms with Crippen LogP contribution in [-0.2, 0) is 6.42 Å². The Morgan fingerprint density at radius 2 is 1.95 bits per heavy atom. The largest absolute Gasteiger partial charge is 0.494 e. The molecule has 0 bridgehead atoms. The van der Waals surface area contributed by atoms with E-state index in [2.05, 4.69) is 19.0 Å². The molecule has 0 spiro atoms. The molecule has 2 N–H and O–H groups in total. The van der Waals surface area contributed by atoms with Gasteiger partial charge in [-0.1, -0.05) is 25.3 Å². The Labute approximate surface area is 127 Å². The fourth-order valence-electron chi connectivity index (χ4n) is 3.59. The van der Waals surface area contributed by atoms with Gasteiger partial charge in [-0.05, 0) is 51.1 Å². The minimum absolute atomic E-state index is 0.0144. The summed E-state index contributed by atoms with van der Waals surface area (Å²) in [5.41, 5.74) is 7.52. The van der Waals surface area contributed by atoms with E-state index in [-0.39, 0.29) is 23.1 Å². The van der Waals surface area contributed by atoms with Crippen LogP contribution in [0.3, 0.4) is 0 Å². The molecule has 4 heteroatoms. The SMILES string of the molecule is COc1ccc(CC(N)C2(N(C)C)CCCCC2)cc1F. The van der Waals surface area contributed by atoms with Crippen molar-refractivity contribution >= 4 is 0 Å². The third-order valence-corrected chi connectivity index (χ3v) is 4.97. The van der Waals surface area contributed by atoms with Gasteiger partial charge >= 0.3 is 0 Å². The monoisotopic (exact) mass is 294 g/mol. The number of hydrogen-bond donors (Lipinski definition) is 1. The van der Waals surface area contributed by atoms with Crippen LogP contribution in [0.2, 0.25) is 0 Å². The molecular weight excluding hydrogens is 267 g/mol. The van der Waals surface area contributed by atoms with Crippen LogP contribution >= 0.6 is 0 Å². The molecule has 21 heavy (non-hydrogen) atoms. The number of nitrogens with two attached hydrogens (primary N) is 1. The maximum absolute atomic E-state index is 13.8. The number of rotatable bonds is 5. The number of halogens is 1. The average Bonchev–Trinajstić information content (AvgIpc) is 2.48. The molecule has 1 unspecified atom stereocenters. The molecule has 0 radical (unpaired) electrons. The Hall–Kier alpha value is -1.13. The highest BCUT2D eigenvalue weighted by atomic mass is 19.1. The first kappa shape index (κ1) is 16.2. The van der Waals surface area contributed by atoms with Gasteiger partial charge in [0.2, 0.25) is 0 Å². The standard InChI is InChI=1S/C17H27FN2O/c1-20(2)17(9-5-4-6-10-17)16(19)12-13-7-8-15(21-3)14(18)11-13/h7-8,11,16H,4-6,9-10,12,19H2,1-3H3. The minimum Gasteiger partial charge on any atom is -0.494 e. The maximum Gasteiger partial charge on any atom is 0.165 e. The number of benzene rings is 1. The molecule has 0 saturated heterocycles. The summed E-state index contributed by atoms with van der Waals surface area (Å²) in [6, 6.07) is 5.15. The Kier molecular flexibility index (Phi) is 5.22. The third-order valence-electron chi connectivity index (χ3n) is 4.97. The number of nitrogens with zero attached hydrogens (tertiary/aromatic N) is 1. The summed E-state index contributed by atoms with van der Waals surface area (Å²) in [7, 11) is 5.70. The number of likely N-dealkylation sites (N-methyl/N-ethyl adjacent to an activating group) is 1. The minimum atomic E-state index is -0.315. The van der Waals surface area contributed by atoms with Crippen molar-refractivity contribution in [1.82, 2.24) is 4.90 Å². The van der Waals surface area contributed by atoms with Crippen molar-refractivity contribution in [2.75, 3.05) is 21.2 Å². The summed E-state index contributed by atoms with van der Waals surface area (Å²) < 4.78 is 18.8. The van der Waals surface area contributed by atoms with Crippen LogP contribution < -0.4 is 10.5 Å². The van der Waals surface area contributed by atoms with Gasteiger partial charge in [-0.2, -0.15) is 0 Å². The Bertz CT molecular complexity index is 470. The molecule has 0 heterocycles. The molecule has 2 rings (SSSR count). The van der Waals surface area contributed by atoms with Crippen molar-refractivity contribution in [1.29, 1.82) is 0 Å². The lowest BCUT2D eigenvalue weighted by molar-refractivity contribution is 0.0715. The molecule has 118 valence electrons. The van der Waals surface area contributed by atoms with Gasteiger partial charge in [0.05, 0.1) is 7.11 Å². The highest BCUT2D eigenvalue weighted by molar-refractivity contribution is 5.30. The Balaban J connectivity index is 2.15. The van der Waals surface area contributed by atoms with Gasteiger partial charge in [0.15, 0.2) is 11.6 Å². The van der Waals surface area contributed by atoms with E-state index >= 15 is 0 Å². The van der Waals surface area contributed by atoms with E-state index in [4.69, 9.17) is 10.5 Å². The van der Waals surface area contributed by atoms with E-state index < -0.39 is 0 Å². The van der Waals surface area contributed by atoms with E-state index in [1.807, 2.05) is 6.07 Å². The van der Waals surface area contributed by atoms with E-state index in [1.54, 1.807) is 12.1 Å². The summed E-state index contributed by atoms with van der Waals surface area (Å²) >= 11 is 0. The van der Waals surface area contributed by atoms with Gasteiger partial charge < -0.3 is 15.4 Å². The average molecular weight is 294 g/mol. The predicted molar refractivity (Wildman–Crippen MR) is 84.1 cm³/mol. The molecule has 1 aliphatic carbocycles. The summed E-state index contributed by atoms with van der Waals surface area (Å²) in [5.74, 6) is -0.0305. The van der Waals surface area contributed by atoms with Crippen LogP contribution in [0.1, 0.15) is 37.7 Å². The topological polar surface area (TPSA) is 38.5 Å². The second kappa shape index (κ2) is 6.75. The van der Waals surface area contributed by atoms with Gasteiger partial charge in [0.25, 0.3) is 0 Å². The Morgan fingerprint density at radius 1 is 1.29 bits per heavy atom. The van der Waals surface area contributed by atoms with Gasteiger partial charge in [-0.15, -0.1) is 0 Å². The second-order valence-corrected chi connectivity index (χ2v) is 6.34. The van der Waals surface area contributed by atoms with Crippen molar-refractivity contribution < 1.29 is 9.13 Å². The quantitative estimate of drug-likeness (QED) is 0.907. The number of hydrogen-bond acceptors (Lipinski definition) is 3. The Morgan fingerprint density at radius 3 is 2.48 bits per heavy atom. The summed E-state index contributed by atoms with van der Waals surface area (Å²) in [6.07, 6.45) is 6.68. The normalized spacial score (nSPS) is 19.5. The van der Waals surface area contributed by atoms with Gasteiger partial charge in [0.1, 0.15) is 0 Å². The van der Waals surface area contributed by atoms with Crippen molar-refractivity contribution in [3.63, 3.8) is 0 Å². The number of methoxy groups -OCH3 is 1. The lowest BCUT2D eigenvalue weighted by atomic mass is 9.74. The van der Waals surface area contributed by atoms with E-state index in [9.17, 15) is 4.39 Å². The molecule has 1 aliphatic rings. The lowest BCUT2D eigenvalue weighted by Crippen LogP contribution is -2.59. The van der Waals surface area contributed by atoms with E-state index in [0.717, 1.165) is 18.4 Å². The van der Waals surface area contributed by atoms with Gasteiger partial charge in [-0.3, -0.25) is 0 Å². The van der Waals surface area contributed by atoms with E-state index in [0.29, 0.717) is 6.42 Å². The molecule has 1 fully saturated rings. The maximum atomic E-state index is 13.8. The molecule has 1 saturated carbocycles. The van der Waals surface area contributed by atoms with Crippen LogP contribution in [0.5, 0.6) is 5.75 Å². The highest BCUT2D eigenvalue weighted by Gasteiger charge is 2.39. The zero-order valence-electron chi connectivity index (χ0n) is 13.4. The predicted octanol–water partition coefficient (Wildman–Crippen LogP) is 2.97. The first-order chi connectivity index (χ1) is 9.99. The summed E-state index contributed by atoms with van der Waals surface area (Å²) in [4.78, 5) is 2.27. The molecule has 0 amide bonds. The molecular formula is C17H27FN2O. The lowest BCUT2D eigenvalue weighted by Gasteiger charge is -2.47. The molecule has 0 aliphatic heterocycles. The van der Waals surface area contributed by atoms with Crippen molar-refractivity contribution in [2.45, 2.75) is 50.1 Å². The zero-order chi connectivity index (χ0) is 15.5. The van der Waals surface area contributed by atoms with Crippen molar-refractivity contribution in [3.8, 4) is 5.75 Å². The van der Waals surface area contributed by atoms with Gasteiger partial charge in [-0.25, -0.2) is 4.39 Å². The molecule has 1 atom stereocenters. The number of ether oxygens (including phenoxy) is 1. The first-order valence-corrected chi connectivity index (χ1v) is 7.75. The van der Waals surface area contributed by atoms with Crippen LogP contribution in [-0.4, -0.2) is 37.7 Å².